The molecular formula is C21H26N2O3S. The van der Waals surface area contributed by atoms with Gasteiger partial charge >= 0.3 is 0 Å². The van der Waals surface area contributed by atoms with Crippen molar-refractivity contribution in [3.63, 3.8) is 0 Å². The van der Waals surface area contributed by atoms with E-state index in [1.54, 1.807) is 18.2 Å². The Morgan fingerprint density at radius 2 is 1.74 bits per heavy atom. The van der Waals surface area contributed by atoms with E-state index in [-0.39, 0.29) is 10.8 Å². The van der Waals surface area contributed by atoms with Crippen LogP contribution in [0, 0.1) is 19.8 Å². The lowest BCUT2D eigenvalue weighted by atomic mass is 10.0. The highest BCUT2D eigenvalue weighted by Gasteiger charge is 2.28. The molecule has 27 heavy (non-hydrogen) atoms. The molecule has 1 amide bonds. The standard InChI is InChI=1S/C21H26N2O3S/c1-15-10-12-23(13-11-15)27(25,26)19-8-5-7-18(14-19)21(24)22-20-9-4-6-16(2)17(20)3/h4-9,14-15H,10-13H2,1-3H3,(H,22,24). The van der Waals surface area contributed by atoms with E-state index >= 15 is 0 Å². The Balaban J connectivity index is 1.82. The van der Waals surface area contributed by atoms with Crippen molar-refractivity contribution in [3.8, 4) is 0 Å². The monoisotopic (exact) mass is 386 g/mol. The molecule has 1 heterocycles. The largest absolute Gasteiger partial charge is 0.322 e. The Morgan fingerprint density at radius 1 is 1.07 bits per heavy atom. The number of amides is 1. The first-order valence-electron chi connectivity index (χ1n) is 9.27. The van der Waals surface area contributed by atoms with Gasteiger partial charge in [0.25, 0.3) is 5.91 Å². The van der Waals surface area contributed by atoms with Gasteiger partial charge in [0.15, 0.2) is 0 Å². The van der Waals surface area contributed by atoms with Crippen molar-refractivity contribution in [3.05, 3.63) is 59.2 Å². The molecule has 0 aromatic heterocycles. The zero-order valence-corrected chi connectivity index (χ0v) is 16.8. The highest BCUT2D eigenvalue weighted by Crippen LogP contribution is 2.24. The Hall–Kier alpha value is -2.18. The number of carbonyl (C=O) groups is 1. The highest BCUT2D eigenvalue weighted by molar-refractivity contribution is 7.89. The number of carbonyl (C=O) groups excluding carboxylic acids is 1. The summed E-state index contributed by atoms with van der Waals surface area (Å²) >= 11 is 0. The zero-order chi connectivity index (χ0) is 19.6. The summed E-state index contributed by atoms with van der Waals surface area (Å²) in [5, 5.41) is 2.88. The molecule has 6 heteroatoms. The molecule has 0 aliphatic carbocycles. The molecule has 1 fully saturated rings. The maximum atomic E-state index is 12.9. The van der Waals surface area contributed by atoms with Crippen LogP contribution in [0.2, 0.25) is 0 Å². The van der Waals surface area contributed by atoms with Crippen molar-refractivity contribution >= 4 is 21.6 Å². The van der Waals surface area contributed by atoms with Crippen LogP contribution in [0.3, 0.4) is 0 Å². The SMILES string of the molecule is Cc1cccc(NC(=O)c2cccc(S(=O)(=O)N3CCC(C)CC3)c2)c1C. The van der Waals surface area contributed by atoms with E-state index in [4.69, 9.17) is 0 Å². The summed E-state index contributed by atoms with van der Waals surface area (Å²) in [6.45, 7) is 7.13. The van der Waals surface area contributed by atoms with Gasteiger partial charge in [-0.25, -0.2) is 8.42 Å². The summed E-state index contributed by atoms with van der Waals surface area (Å²) in [6, 6.07) is 12.0. The highest BCUT2D eigenvalue weighted by atomic mass is 32.2. The lowest BCUT2D eigenvalue weighted by Crippen LogP contribution is -2.37. The van der Waals surface area contributed by atoms with Crippen LogP contribution in [0.25, 0.3) is 0 Å². The maximum Gasteiger partial charge on any atom is 0.255 e. The van der Waals surface area contributed by atoms with Crippen molar-refractivity contribution in [2.45, 2.75) is 38.5 Å². The third-order valence-corrected chi connectivity index (χ3v) is 7.22. The topological polar surface area (TPSA) is 66.5 Å². The average molecular weight is 387 g/mol. The van der Waals surface area contributed by atoms with Crippen molar-refractivity contribution in [2.24, 2.45) is 5.92 Å². The second-order valence-corrected chi connectivity index (χ2v) is 9.25. The summed E-state index contributed by atoms with van der Waals surface area (Å²) in [5.74, 6) is 0.235. The van der Waals surface area contributed by atoms with Crippen molar-refractivity contribution in [1.82, 2.24) is 4.31 Å². The molecule has 0 unspecified atom stereocenters. The van der Waals surface area contributed by atoms with Crippen LogP contribution < -0.4 is 5.32 Å². The second-order valence-electron chi connectivity index (χ2n) is 7.32. The predicted octanol–water partition coefficient (Wildman–Crippen LogP) is 3.98. The van der Waals surface area contributed by atoms with Crippen LogP contribution in [0.1, 0.15) is 41.3 Å². The minimum atomic E-state index is -3.58. The summed E-state index contributed by atoms with van der Waals surface area (Å²) in [5.41, 5.74) is 3.15. The minimum Gasteiger partial charge on any atom is -0.322 e. The molecule has 1 saturated heterocycles. The van der Waals surface area contributed by atoms with Gasteiger partial charge in [0.1, 0.15) is 0 Å². The Labute approximate surface area is 161 Å². The number of piperidine rings is 1. The normalized spacial score (nSPS) is 16.3. The molecule has 0 radical (unpaired) electrons. The van der Waals surface area contributed by atoms with E-state index in [1.165, 1.54) is 10.4 Å². The lowest BCUT2D eigenvalue weighted by molar-refractivity contribution is 0.102. The molecule has 144 valence electrons. The van der Waals surface area contributed by atoms with Gasteiger partial charge in [-0.1, -0.05) is 25.1 Å². The van der Waals surface area contributed by atoms with Gasteiger partial charge in [-0.2, -0.15) is 4.31 Å². The van der Waals surface area contributed by atoms with Crippen molar-refractivity contribution < 1.29 is 13.2 Å². The van der Waals surface area contributed by atoms with Crippen LogP contribution in [-0.4, -0.2) is 31.7 Å². The third kappa shape index (κ3) is 4.22. The summed E-state index contributed by atoms with van der Waals surface area (Å²) in [6.07, 6.45) is 1.73. The van der Waals surface area contributed by atoms with E-state index < -0.39 is 10.0 Å². The number of nitrogens with one attached hydrogen (secondary N) is 1. The molecule has 0 saturated carbocycles. The molecule has 0 spiro atoms. The van der Waals surface area contributed by atoms with Gasteiger partial charge in [-0.05, 0) is 68.0 Å². The molecule has 2 aromatic carbocycles. The predicted molar refractivity (Wildman–Crippen MR) is 107 cm³/mol. The Kier molecular flexibility index (Phi) is 5.67. The molecule has 2 aromatic rings. The number of hydrogen-bond acceptors (Lipinski definition) is 3. The molecule has 3 rings (SSSR count). The molecule has 1 aliphatic rings. The van der Waals surface area contributed by atoms with E-state index in [0.29, 0.717) is 24.6 Å². The van der Waals surface area contributed by atoms with Crippen LogP contribution in [0.15, 0.2) is 47.4 Å². The molecule has 0 atom stereocenters. The number of hydrogen-bond donors (Lipinski definition) is 1. The number of nitrogens with zero attached hydrogens (tertiary/aromatic N) is 1. The number of benzene rings is 2. The van der Waals surface area contributed by atoms with Crippen molar-refractivity contribution in [1.29, 1.82) is 0 Å². The van der Waals surface area contributed by atoms with E-state index in [2.05, 4.69) is 12.2 Å². The quantitative estimate of drug-likeness (QED) is 0.864. The smallest absolute Gasteiger partial charge is 0.255 e. The van der Waals surface area contributed by atoms with Gasteiger partial charge in [-0.15, -0.1) is 0 Å². The number of anilines is 1. The van der Waals surface area contributed by atoms with Gasteiger partial charge in [0.2, 0.25) is 10.0 Å². The molecule has 1 aliphatic heterocycles. The molecule has 1 N–H and O–H groups in total. The minimum absolute atomic E-state index is 0.172. The Bertz CT molecular complexity index is 946. The van der Waals surface area contributed by atoms with Crippen LogP contribution >= 0.6 is 0 Å². The van der Waals surface area contributed by atoms with E-state index in [9.17, 15) is 13.2 Å². The maximum absolute atomic E-state index is 12.9. The van der Waals surface area contributed by atoms with Gasteiger partial charge in [-0.3, -0.25) is 4.79 Å². The summed E-state index contributed by atoms with van der Waals surface area (Å²) in [7, 11) is -3.58. The fourth-order valence-electron chi connectivity index (χ4n) is 3.25. The number of aryl methyl sites for hydroxylation is 1. The third-order valence-electron chi connectivity index (χ3n) is 5.33. The van der Waals surface area contributed by atoms with E-state index in [1.807, 2.05) is 32.0 Å². The average Bonchev–Trinajstić information content (AvgIpc) is 2.66. The van der Waals surface area contributed by atoms with Gasteiger partial charge in [0.05, 0.1) is 4.90 Å². The number of rotatable bonds is 4. The fourth-order valence-corrected chi connectivity index (χ4v) is 4.77. The first kappa shape index (κ1) is 19.6. The first-order chi connectivity index (χ1) is 12.8. The van der Waals surface area contributed by atoms with Gasteiger partial charge in [0, 0.05) is 24.3 Å². The Morgan fingerprint density at radius 3 is 2.44 bits per heavy atom. The summed E-state index contributed by atoms with van der Waals surface area (Å²) < 4.78 is 27.4. The molecular weight excluding hydrogens is 360 g/mol. The van der Waals surface area contributed by atoms with Crippen molar-refractivity contribution in [2.75, 3.05) is 18.4 Å². The lowest BCUT2D eigenvalue weighted by Gasteiger charge is -2.29. The van der Waals surface area contributed by atoms with E-state index in [0.717, 1.165) is 29.7 Å². The molecule has 5 nitrogen and oxygen atoms in total. The van der Waals surface area contributed by atoms with Crippen LogP contribution in [0.4, 0.5) is 5.69 Å². The van der Waals surface area contributed by atoms with Gasteiger partial charge < -0.3 is 5.32 Å². The second kappa shape index (κ2) is 7.82. The number of sulfonamides is 1. The molecule has 0 bridgehead atoms. The fraction of sp³-hybridized carbons (Fsp3) is 0.381. The summed E-state index contributed by atoms with van der Waals surface area (Å²) in [4.78, 5) is 12.8. The zero-order valence-electron chi connectivity index (χ0n) is 16.0. The van der Waals surface area contributed by atoms with Crippen LogP contribution in [-0.2, 0) is 10.0 Å². The van der Waals surface area contributed by atoms with Crippen LogP contribution in [0.5, 0.6) is 0 Å². The first-order valence-corrected chi connectivity index (χ1v) is 10.7.